The Morgan fingerprint density at radius 2 is 1.67 bits per heavy atom. The van der Waals surface area contributed by atoms with Gasteiger partial charge in [0.05, 0.1) is 5.41 Å². The Morgan fingerprint density at radius 1 is 0.867 bits per heavy atom. The smallest absolute Gasteiger partial charge is 0.140 e. The van der Waals surface area contributed by atoms with E-state index in [-0.39, 0.29) is 10.8 Å². The second-order valence-corrected chi connectivity index (χ2v) is 8.88. The van der Waals surface area contributed by atoms with Gasteiger partial charge in [-0.25, -0.2) is 0 Å². The lowest BCUT2D eigenvalue weighted by atomic mass is 9.54. The van der Waals surface area contributed by atoms with Crippen molar-refractivity contribution in [2.24, 2.45) is 5.41 Å². The van der Waals surface area contributed by atoms with Crippen molar-refractivity contribution in [3.05, 3.63) is 119 Å². The van der Waals surface area contributed by atoms with Crippen LogP contribution >= 0.6 is 0 Å². The van der Waals surface area contributed by atoms with E-state index in [0.29, 0.717) is 0 Å². The highest BCUT2D eigenvalue weighted by Gasteiger charge is 2.57. The summed E-state index contributed by atoms with van der Waals surface area (Å²) >= 11 is 0. The van der Waals surface area contributed by atoms with Gasteiger partial charge in [0.15, 0.2) is 0 Å². The zero-order chi connectivity index (χ0) is 20.3. The summed E-state index contributed by atoms with van der Waals surface area (Å²) in [5.41, 5.74) is 7.02. The van der Waals surface area contributed by atoms with E-state index in [1.807, 2.05) is 0 Å². The van der Waals surface area contributed by atoms with Crippen molar-refractivity contribution < 1.29 is 4.42 Å². The molecule has 2 aliphatic carbocycles. The molecule has 0 aliphatic heterocycles. The van der Waals surface area contributed by atoms with E-state index >= 15 is 0 Å². The monoisotopic (exact) mass is 388 g/mol. The molecule has 30 heavy (non-hydrogen) atoms. The van der Waals surface area contributed by atoms with Crippen LogP contribution in [0, 0.1) is 12.3 Å². The fraction of sp³-hybridized carbons (Fsp3) is 0.172. The quantitative estimate of drug-likeness (QED) is 0.345. The molecule has 1 heterocycles. The lowest BCUT2D eigenvalue weighted by molar-refractivity contribution is 0.294. The molecule has 0 bridgehead atoms. The third-order valence-corrected chi connectivity index (χ3v) is 7.11. The highest BCUT2D eigenvalue weighted by Crippen LogP contribution is 2.65. The first-order chi connectivity index (χ1) is 14.6. The van der Waals surface area contributed by atoms with Crippen molar-refractivity contribution in [1.82, 2.24) is 0 Å². The van der Waals surface area contributed by atoms with Crippen LogP contribution in [0.25, 0.3) is 22.3 Å². The van der Waals surface area contributed by atoms with Gasteiger partial charge >= 0.3 is 0 Å². The number of allylic oxidation sites excluding steroid dienone is 4. The average Bonchev–Trinajstić information content (AvgIpc) is 3.28. The number of para-hydroxylation sites is 1. The molecule has 1 aromatic heterocycles. The summed E-state index contributed by atoms with van der Waals surface area (Å²) in [7, 11) is 0. The first-order valence-corrected chi connectivity index (χ1v) is 10.7. The Labute approximate surface area is 177 Å². The van der Waals surface area contributed by atoms with Crippen LogP contribution in [0.4, 0.5) is 0 Å². The predicted molar refractivity (Wildman–Crippen MR) is 124 cm³/mol. The van der Waals surface area contributed by atoms with Crippen LogP contribution in [0.1, 0.15) is 35.6 Å². The second kappa shape index (κ2) is 6.09. The number of aryl methyl sites for hydroxylation is 1. The molecule has 0 amide bonds. The maximum atomic E-state index is 6.55. The maximum absolute atomic E-state index is 6.55. The van der Waals surface area contributed by atoms with Crippen molar-refractivity contribution in [1.29, 1.82) is 0 Å². The van der Waals surface area contributed by atoms with Gasteiger partial charge in [-0.3, -0.25) is 0 Å². The number of furan rings is 1. The molecule has 146 valence electrons. The molecule has 0 saturated carbocycles. The Hall–Kier alpha value is -3.32. The van der Waals surface area contributed by atoms with E-state index in [1.54, 1.807) is 0 Å². The topological polar surface area (TPSA) is 13.1 Å². The largest absolute Gasteiger partial charge is 0.456 e. The van der Waals surface area contributed by atoms with E-state index in [0.717, 1.165) is 17.8 Å². The van der Waals surface area contributed by atoms with E-state index < -0.39 is 0 Å². The minimum atomic E-state index is -0.321. The summed E-state index contributed by atoms with van der Waals surface area (Å²) in [6.07, 6.45) is 10.1. The highest BCUT2D eigenvalue weighted by molar-refractivity contribution is 5.96. The zero-order valence-electron chi connectivity index (χ0n) is 17.4. The maximum Gasteiger partial charge on any atom is 0.140 e. The first-order valence-electron chi connectivity index (χ1n) is 10.7. The van der Waals surface area contributed by atoms with Crippen LogP contribution in [0.5, 0.6) is 0 Å². The fourth-order valence-electron chi connectivity index (χ4n) is 5.82. The van der Waals surface area contributed by atoms with Crippen LogP contribution in [-0.2, 0) is 5.41 Å². The molecule has 0 spiro atoms. The Kier molecular flexibility index (Phi) is 3.56. The first kappa shape index (κ1) is 17.5. The van der Waals surface area contributed by atoms with Crippen molar-refractivity contribution in [3.63, 3.8) is 0 Å². The van der Waals surface area contributed by atoms with Crippen molar-refractivity contribution in [3.8, 4) is 11.3 Å². The normalized spacial score (nSPS) is 24.2. The lowest BCUT2D eigenvalue weighted by Gasteiger charge is -2.47. The molecule has 1 nitrogen and oxygen atoms in total. The van der Waals surface area contributed by atoms with Crippen molar-refractivity contribution in [2.45, 2.75) is 25.7 Å². The summed E-state index contributed by atoms with van der Waals surface area (Å²) in [6, 6.07) is 26.4. The van der Waals surface area contributed by atoms with E-state index in [4.69, 9.17) is 4.42 Å². The van der Waals surface area contributed by atoms with Gasteiger partial charge in [-0.05, 0) is 30.5 Å². The van der Waals surface area contributed by atoms with Gasteiger partial charge in [-0.1, -0.05) is 104 Å². The molecule has 0 radical (unpaired) electrons. The van der Waals surface area contributed by atoms with Crippen LogP contribution in [0.2, 0.25) is 0 Å². The highest BCUT2D eigenvalue weighted by atomic mass is 16.3. The molecule has 3 aromatic carbocycles. The number of hydrogen-bond donors (Lipinski definition) is 0. The van der Waals surface area contributed by atoms with Gasteiger partial charge in [0.1, 0.15) is 11.3 Å². The summed E-state index contributed by atoms with van der Waals surface area (Å²) in [5.74, 6) is 1.03. The van der Waals surface area contributed by atoms with Gasteiger partial charge in [0.25, 0.3) is 0 Å². The van der Waals surface area contributed by atoms with Gasteiger partial charge < -0.3 is 4.42 Å². The number of rotatable bonds is 2. The van der Waals surface area contributed by atoms with Crippen LogP contribution in [0.15, 0.2) is 102 Å². The van der Waals surface area contributed by atoms with Gasteiger partial charge in [-0.15, -0.1) is 0 Å². The van der Waals surface area contributed by atoms with Gasteiger partial charge in [0.2, 0.25) is 0 Å². The Morgan fingerprint density at radius 3 is 2.47 bits per heavy atom. The van der Waals surface area contributed by atoms with Gasteiger partial charge in [-0.2, -0.15) is 0 Å². The zero-order valence-corrected chi connectivity index (χ0v) is 17.4. The lowest BCUT2D eigenvalue weighted by Crippen LogP contribution is -2.43. The number of benzene rings is 3. The molecule has 2 atom stereocenters. The van der Waals surface area contributed by atoms with Crippen molar-refractivity contribution in [2.75, 3.05) is 0 Å². The molecule has 6 rings (SSSR count). The fourth-order valence-corrected chi connectivity index (χ4v) is 5.82. The summed E-state index contributed by atoms with van der Waals surface area (Å²) in [4.78, 5) is 0. The molecule has 2 unspecified atom stereocenters. The molecule has 0 N–H and O–H groups in total. The van der Waals surface area contributed by atoms with E-state index in [2.05, 4.69) is 111 Å². The molecule has 0 fully saturated rings. The van der Waals surface area contributed by atoms with Gasteiger partial charge in [0, 0.05) is 21.9 Å². The molecular weight excluding hydrogens is 364 g/mol. The third kappa shape index (κ3) is 2.07. The third-order valence-electron chi connectivity index (χ3n) is 7.11. The summed E-state index contributed by atoms with van der Waals surface area (Å²) in [6.45, 7) is 4.59. The molecule has 2 aliphatic rings. The Bertz CT molecular complexity index is 1340. The van der Waals surface area contributed by atoms with Crippen LogP contribution in [-0.4, -0.2) is 0 Å². The molecule has 0 saturated heterocycles. The minimum absolute atomic E-state index is 0.121. The van der Waals surface area contributed by atoms with E-state index in [1.165, 1.54) is 33.2 Å². The predicted octanol–water partition coefficient (Wildman–Crippen LogP) is 7.58. The average molecular weight is 389 g/mol. The summed E-state index contributed by atoms with van der Waals surface area (Å²) < 4.78 is 6.55. The molecule has 4 aromatic rings. The van der Waals surface area contributed by atoms with Crippen LogP contribution < -0.4 is 0 Å². The standard InChI is InChI=1S/C29H24O/c1-20-15-16-22-24(19-20)29(21-11-5-3-6-12-21,28(2)17-9-4-10-18-28)26-23-13-7-8-14-25(23)30-27(22)26/h3-17,19H,18H2,1-2H3. The van der Waals surface area contributed by atoms with Crippen LogP contribution in [0.3, 0.4) is 0 Å². The SMILES string of the molecule is Cc1ccc2c(c1)C(c1ccccc1)(C1(C)C=CC=CC1)c1c-2oc2ccccc12. The summed E-state index contributed by atoms with van der Waals surface area (Å²) in [5, 5.41) is 1.22. The minimum Gasteiger partial charge on any atom is -0.456 e. The number of hydrogen-bond acceptors (Lipinski definition) is 1. The van der Waals surface area contributed by atoms with Crippen molar-refractivity contribution >= 4 is 11.0 Å². The second-order valence-electron chi connectivity index (χ2n) is 8.88. The van der Waals surface area contributed by atoms with E-state index in [9.17, 15) is 0 Å². The Balaban J connectivity index is 1.85. The number of fused-ring (bicyclic) bond motifs is 5. The molecule has 1 heteroatoms. The molecular formula is C29H24O.